The monoisotopic (exact) mass is 573 g/mol. The van der Waals surface area contributed by atoms with Gasteiger partial charge in [0.05, 0.1) is 26.8 Å². The predicted octanol–water partition coefficient (Wildman–Crippen LogP) is 6.70. The van der Waals surface area contributed by atoms with E-state index in [1.54, 1.807) is 28.8 Å². The van der Waals surface area contributed by atoms with Crippen LogP contribution in [-0.2, 0) is 0 Å². The molecule has 0 saturated heterocycles. The summed E-state index contributed by atoms with van der Waals surface area (Å²) in [5.41, 5.74) is 5.15. The Labute approximate surface area is 237 Å². The molecule has 6 rings (SSSR count). The molecule has 1 aliphatic carbocycles. The topological polar surface area (TPSA) is 77.5 Å². The molecule has 1 unspecified atom stereocenters. The molecular weight excluding hydrogens is 553 g/mol. The van der Waals surface area contributed by atoms with Gasteiger partial charge in [0, 0.05) is 16.1 Å². The molecule has 2 heterocycles. The first-order valence-electron chi connectivity index (χ1n) is 12.4. The van der Waals surface area contributed by atoms with E-state index in [1.165, 1.54) is 17.4 Å². The Kier molecular flexibility index (Phi) is 6.81. The Morgan fingerprint density at radius 2 is 1.64 bits per heavy atom. The van der Waals surface area contributed by atoms with E-state index in [4.69, 9.17) is 28.2 Å². The summed E-state index contributed by atoms with van der Waals surface area (Å²) in [5.74, 6) is 0. The van der Waals surface area contributed by atoms with Crippen LogP contribution in [0.15, 0.2) is 99.4 Å². The molecule has 1 atom stereocenters. The van der Waals surface area contributed by atoms with Crippen molar-refractivity contribution >= 4 is 52.4 Å². The number of para-hydroxylation sites is 1. The molecule has 194 valence electrons. The number of nitro groups is 1. The van der Waals surface area contributed by atoms with Crippen LogP contribution in [0.2, 0.25) is 10.0 Å². The zero-order chi connectivity index (χ0) is 27.1. The molecule has 0 fully saturated rings. The molecule has 6 nitrogen and oxygen atoms in total. The van der Waals surface area contributed by atoms with E-state index in [1.807, 2.05) is 48.5 Å². The number of thiazole rings is 1. The van der Waals surface area contributed by atoms with Crippen molar-refractivity contribution in [3.05, 3.63) is 146 Å². The standard InChI is InChI=1S/C30H21Cl2N3O3S/c31-22-12-8-18(9-13-22)16-21-5-3-6-24-27(21)33-30-34(28(24)19-10-14-23(32)15-11-19)29(36)26(39-30)17-20-4-1-2-7-25(20)35(37)38/h1-2,4,7-17,28H,3,5-6H2. The third-order valence-corrected chi connectivity index (χ3v) is 8.44. The summed E-state index contributed by atoms with van der Waals surface area (Å²) in [5, 5.41) is 12.9. The normalized spacial score (nSPS) is 18.1. The number of aromatic nitrogens is 1. The minimum absolute atomic E-state index is 0.0509. The van der Waals surface area contributed by atoms with Crippen LogP contribution in [0.3, 0.4) is 0 Å². The maximum atomic E-state index is 13.9. The average Bonchev–Trinajstić information content (AvgIpc) is 3.24. The highest BCUT2D eigenvalue weighted by molar-refractivity contribution is 7.07. The molecule has 0 bridgehead atoms. The number of hydrogen-bond donors (Lipinski definition) is 0. The van der Waals surface area contributed by atoms with Crippen molar-refractivity contribution in [1.82, 2.24) is 4.57 Å². The second-order valence-electron chi connectivity index (χ2n) is 9.40. The van der Waals surface area contributed by atoms with Gasteiger partial charge in [-0.1, -0.05) is 70.9 Å². The van der Waals surface area contributed by atoms with E-state index in [-0.39, 0.29) is 17.3 Å². The van der Waals surface area contributed by atoms with Crippen molar-refractivity contribution in [3.63, 3.8) is 0 Å². The van der Waals surface area contributed by atoms with Crippen molar-refractivity contribution in [1.29, 1.82) is 0 Å². The molecule has 2 aliphatic rings. The molecule has 0 saturated carbocycles. The Morgan fingerprint density at radius 3 is 2.36 bits per heavy atom. The van der Waals surface area contributed by atoms with Gasteiger partial charge < -0.3 is 0 Å². The molecule has 0 N–H and O–H groups in total. The second kappa shape index (κ2) is 10.4. The molecule has 4 aromatic rings. The van der Waals surface area contributed by atoms with Crippen molar-refractivity contribution in [2.45, 2.75) is 25.3 Å². The number of fused-ring (bicyclic) bond motifs is 1. The number of allylic oxidation sites excluding steroid dienone is 2. The zero-order valence-corrected chi connectivity index (χ0v) is 22.8. The largest absolute Gasteiger partial charge is 0.276 e. The first kappa shape index (κ1) is 25.5. The van der Waals surface area contributed by atoms with Crippen LogP contribution in [0.1, 0.15) is 42.0 Å². The SMILES string of the molecule is O=c1c(=Cc2ccccc2[N+](=O)[O-])sc2n1C(c1ccc(Cl)cc1)C1=C(N=2)C(=Cc2ccc(Cl)cc2)CCC1. The van der Waals surface area contributed by atoms with Gasteiger partial charge in [-0.2, -0.15) is 0 Å². The molecule has 39 heavy (non-hydrogen) atoms. The Morgan fingerprint density at radius 1 is 0.949 bits per heavy atom. The molecule has 0 spiro atoms. The highest BCUT2D eigenvalue weighted by Gasteiger charge is 2.32. The number of hydrogen-bond acceptors (Lipinski definition) is 5. The fourth-order valence-corrected chi connectivity index (χ4v) is 6.42. The highest BCUT2D eigenvalue weighted by atomic mass is 35.5. The van der Waals surface area contributed by atoms with Crippen LogP contribution in [0.25, 0.3) is 12.2 Å². The molecular formula is C30H21Cl2N3O3S. The van der Waals surface area contributed by atoms with Gasteiger partial charge in [-0.05, 0) is 84.0 Å². The van der Waals surface area contributed by atoms with Crippen molar-refractivity contribution in [2.75, 3.05) is 0 Å². The molecule has 1 aromatic heterocycles. The summed E-state index contributed by atoms with van der Waals surface area (Å²) in [6, 6.07) is 21.3. The summed E-state index contributed by atoms with van der Waals surface area (Å²) >= 11 is 13.5. The Balaban J connectivity index is 1.58. The lowest BCUT2D eigenvalue weighted by atomic mass is 9.84. The Hall–Kier alpha value is -3.78. The molecule has 3 aromatic carbocycles. The lowest BCUT2D eigenvalue weighted by molar-refractivity contribution is -0.385. The zero-order valence-electron chi connectivity index (χ0n) is 20.5. The van der Waals surface area contributed by atoms with Crippen LogP contribution in [0.4, 0.5) is 5.69 Å². The van der Waals surface area contributed by atoms with Crippen LogP contribution in [0.5, 0.6) is 0 Å². The van der Waals surface area contributed by atoms with Crippen LogP contribution in [0, 0.1) is 10.1 Å². The van der Waals surface area contributed by atoms with E-state index >= 15 is 0 Å². The van der Waals surface area contributed by atoms with E-state index in [0.29, 0.717) is 24.9 Å². The first-order valence-corrected chi connectivity index (χ1v) is 14.0. The number of nitro benzene ring substituents is 1. The number of rotatable bonds is 4. The van der Waals surface area contributed by atoms with E-state index in [2.05, 4.69) is 6.08 Å². The van der Waals surface area contributed by atoms with Gasteiger partial charge in [0.1, 0.15) is 0 Å². The summed E-state index contributed by atoms with van der Waals surface area (Å²) in [6.45, 7) is 0. The molecule has 9 heteroatoms. The minimum atomic E-state index is -0.439. The Bertz CT molecular complexity index is 1850. The van der Waals surface area contributed by atoms with Gasteiger partial charge in [0.25, 0.3) is 11.2 Å². The van der Waals surface area contributed by atoms with Gasteiger partial charge in [0.15, 0.2) is 4.80 Å². The second-order valence-corrected chi connectivity index (χ2v) is 11.3. The summed E-state index contributed by atoms with van der Waals surface area (Å²) in [7, 11) is 0. The lowest BCUT2D eigenvalue weighted by Crippen LogP contribution is -2.39. The van der Waals surface area contributed by atoms with Gasteiger partial charge in [-0.25, -0.2) is 4.99 Å². The average molecular weight is 574 g/mol. The third kappa shape index (κ3) is 4.89. The van der Waals surface area contributed by atoms with Crippen LogP contribution in [-0.4, -0.2) is 9.49 Å². The quantitative estimate of drug-likeness (QED) is 0.201. The predicted molar refractivity (Wildman–Crippen MR) is 156 cm³/mol. The fourth-order valence-electron chi connectivity index (χ4n) is 5.18. The maximum absolute atomic E-state index is 13.9. The summed E-state index contributed by atoms with van der Waals surface area (Å²) < 4.78 is 2.11. The van der Waals surface area contributed by atoms with Gasteiger partial charge in [-0.3, -0.25) is 19.5 Å². The maximum Gasteiger partial charge on any atom is 0.276 e. The van der Waals surface area contributed by atoms with Gasteiger partial charge >= 0.3 is 0 Å². The minimum Gasteiger partial charge on any atom is -0.272 e. The fraction of sp³-hybridized carbons (Fsp3) is 0.133. The first-order chi connectivity index (χ1) is 18.9. The number of benzene rings is 3. The molecule has 0 amide bonds. The number of nitrogens with zero attached hydrogens (tertiary/aromatic N) is 3. The van der Waals surface area contributed by atoms with Crippen LogP contribution < -0.4 is 14.9 Å². The van der Waals surface area contributed by atoms with Crippen molar-refractivity contribution < 1.29 is 4.92 Å². The van der Waals surface area contributed by atoms with Gasteiger partial charge in [-0.15, -0.1) is 0 Å². The number of halogens is 2. The van der Waals surface area contributed by atoms with Crippen LogP contribution >= 0.6 is 34.5 Å². The molecule has 1 aliphatic heterocycles. The van der Waals surface area contributed by atoms with Crippen molar-refractivity contribution in [3.8, 4) is 0 Å². The van der Waals surface area contributed by atoms with E-state index in [9.17, 15) is 14.9 Å². The third-order valence-electron chi connectivity index (χ3n) is 6.95. The van der Waals surface area contributed by atoms with E-state index < -0.39 is 4.92 Å². The summed E-state index contributed by atoms with van der Waals surface area (Å²) in [6.07, 6.45) is 6.32. The highest BCUT2D eigenvalue weighted by Crippen LogP contribution is 2.41. The lowest BCUT2D eigenvalue weighted by Gasteiger charge is -2.31. The smallest absolute Gasteiger partial charge is 0.272 e. The summed E-state index contributed by atoms with van der Waals surface area (Å²) in [4.78, 5) is 30.6. The molecule has 0 radical (unpaired) electrons. The van der Waals surface area contributed by atoms with E-state index in [0.717, 1.165) is 47.2 Å². The van der Waals surface area contributed by atoms with Gasteiger partial charge in [0.2, 0.25) is 0 Å². The van der Waals surface area contributed by atoms with Crippen molar-refractivity contribution in [2.24, 2.45) is 4.99 Å².